The topological polar surface area (TPSA) is 30.5 Å². The highest BCUT2D eigenvalue weighted by molar-refractivity contribution is 5.06. The van der Waals surface area contributed by atoms with Crippen molar-refractivity contribution >= 4 is 0 Å². The monoisotopic (exact) mass is 199 g/mol. The van der Waals surface area contributed by atoms with Crippen molar-refractivity contribution in [2.75, 3.05) is 32.9 Å². The molecule has 3 heteroatoms. The SMILES string of the molecule is CCOC(C)CNCC1=CCCOC1. The number of hydrogen-bond acceptors (Lipinski definition) is 3. The summed E-state index contributed by atoms with van der Waals surface area (Å²) in [5.41, 5.74) is 1.36. The molecule has 0 saturated carbocycles. The van der Waals surface area contributed by atoms with Gasteiger partial charge >= 0.3 is 0 Å². The van der Waals surface area contributed by atoms with Gasteiger partial charge in [0.25, 0.3) is 0 Å². The van der Waals surface area contributed by atoms with E-state index in [-0.39, 0.29) is 0 Å². The van der Waals surface area contributed by atoms with Gasteiger partial charge in [-0.05, 0) is 25.8 Å². The molecule has 1 aliphatic rings. The Kier molecular flexibility index (Phi) is 5.83. The maximum Gasteiger partial charge on any atom is 0.0689 e. The smallest absolute Gasteiger partial charge is 0.0689 e. The molecule has 0 aliphatic carbocycles. The molecule has 0 amide bonds. The fourth-order valence-electron chi connectivity index (χ4n) is 1.51. The van der Waals surface area contributed by atoms with Gasteiger partial charge in [-0.1, -0.05) is 6.08 Å². The predicted octanol–water partition coefficient (Wildman–Crippen LogP) is 1.35. The molecule has 0 radical (unpaired) electrons. The largest absolute Gasteiger partial charge is 0.377 e. The highest BCUT2D eigenvalue weighted by Gasteiger charge is 2.04. The van der Waals surface area contributed by atoms with Crippen LogP contribution in [0.25, 0.3) is 0 Å². The summed E-state index contributed by atoms with van der Waals surface area (Å²) in [6.07, 6.45) is 3.62. The van der Waals surface area contributed by atoms with Crippen molar-refractivity contribution in [3.8, 4) is 0 Å². The molecular weight excluding hydrogens is 178 g/mol. The molecule has 0 aromatic heterocycles. The van der Waals surface area contributed by atoms with Gasteiger partial charge in [0.2, 0.25) is 0 Å². The summed E-state index contributed by atoms with van der Waals surface area (Å²) in [4.78, 5) is 0. The minimum atomic E-state index is 0.296. The average molecular weight is 199 g/mol. The summed E-state index contributed by atoms with van der Waals surface area (Å²) in [5.74, 6) is 0. The molecule has 0 aromatic carbocycles. The molecule has 0 aromatic rings. The zero-order valence-corrected chi connectivity index (χ0v) is 9.21. The van der Waals surface area contributed by atoms with Crippen LogP contribution in [0.15, 0.2) is 11.6 Å². The summed E-state index contributed by atoms with van der Waals surface area (Å²) in [6, 6.07) is 0. The van der Waals surface area contributed by atoms with Crippen LogP contribution in [0.2, 0.25) is 0 Å². The molecule has 1 unspecified atom stereocenters. The van der Waals surface area contributed by atoms with E-state index < -0.39 is 0 Å². The van der Waals surface area contributed by atoms with E-state index in [1.165, 1.54) is 5.57 Å². The first-order valence-electron chi connectivity index (χ1n) is 5.41. The standard InChI is InChI=1S/C11H21NO2/c1-3-14-10(2)7-12-8-11-5-4-6-13-9-11/h5,10,12H,3-4,6-9H2,1-2H3. The predicted molar refractivity (Wildman–Crippen MR) is 57.5 cm³/mol. The first-order valence-corrected chi connectivity index (χ1v) is 5.41. The van der Waals surface area contributed by atoms with Crippen LogP contribution in [-0.2, 0) is 9.47 Å². The summed E-state index contributed by atoms with van der Waals surface area (Å²) in [6.45, 7) is 8.39. The van der Waals surface area contributed by atoms with Crippen LogP contribution in [0.5, 0.6) is 0 Å². The normalized spacial score (nSPS) is 19.1. The van der Waals surface area contributed by atoms with E-state index in [2.05, 4.69) is 18.3 Å². The third-order valence-corrected chi connectivity index (χ3v) is 2.22. The zero-order chi connectivity index (χ0) is 10.2. The van der Waals surface area contributed by atoms with Crippen molar-refractivity contribution in [1.29, 1.82) is 0 Å². The molecule has 0 saturated heterocycles. The molecule has 0 spiro atoms. The van der Waals surface area contributed by atoms with E-state index in [0.717, 1.165) is 39.3 Å². The molecule has 1 N–H and O–H groups in total. The lowest BCUT2D eigenvalue weighted by Gasteiger charge is -2.16. The first kappa shape index (κ1) is 11.7. The Morgan fingerprint density at radius 2 is 2.50 bits per heavy atom. The van der Waals surface area contributed by atoms with Crippen molar-refractivity contribution in [2.45, 2.75) is 26.4 Å². The van der Waals surface area contributed by atoms with Crippen LogP contribution in [0.3, 0.4) is 0 Å². The van der Waals surface area contributed by atoms with Crippen molar-refractivity contribution in [3.05, 3.63) is 11.6 Å². The van der Waals surface area contributed by atoms with Gasteiger partial charge in [-0.2, -0.15) is 0 Å². The van der Waals surface area contributed by atoms with Crippen LogP contribution in [0, 0.1) is 0 Å². The van der Waals surface area contributed by atoms with E-state index >= 15 is 0 Å². The lowest BCUT2D eigenvalue weighted by molar-refractivity contribution is 0.0762. The lowest BCUT2D eigenvalue weighted by atomic mass is 10.2. The molecule has 0 bridgehead atoms. The third-order valence-electron chi connectivity index (χ3n) is 2.22. The van der Waals surface area contributed by atoms with Gasteiger partial charge in [-0.15, -0.1) is 0 Å². The van der Waals surface area contributed by atoms with Crippen molar-refractivity contribution in [3.63, 3.8) is 0 Å². The van der Waals surface area contributed by atoms with E-state index in [1.807, 2.05) is 6.92 Å². The molecular formula is C11H21NO2. The number of ether oxygens (including phenoxy) is 2. The molecule has 14 heavy (non-hydrogen) atoms. The minimum absolute atomic E-state index is 0.296. The Labute approximate surface area is 86.5 Å². The summed E-state index contributed by atoms with van der Waals surface area (Å²) in [5, 5.41) is 3.37. The summed E-state index contributed by atoms with van der Waals surface area (Å²) < 4.78 is 10.8. The molecule has 1 aliphatic heterocycles. The van der Waals surface area contributed by atoms with Crippen molar-refractivity contribution < 1.29 is 9.47 Å². The highest BCUT2D eigenvalue weighted by Crippen LogP contribution is 2.03. The molecule has 1 atom stereocenters. The van der Waals surface area contributed by atoms with Crippen LogP contribution in [-0.4, -0.2) is 39.0 Å². The van der Waals surface area contributed by atoms with Gasteiger partial charge in [0, 0.05) is 19.7 Å². The van der Waals surface area contributed by atoms with Gasteiger partial charge in [0.05, 0.1) is 19.3 Å². The van der Waals surface area contributed by atoms with Gasteiger partial charge in [-0.3, -0.25) is 0 Å². The van der Waals surface area contributed by atoms with E-state index in [0.29, 0.717) is 6.10 Å². The Morgan fingerprint density at radius 3 is 3.14 bits per heavy atom. The van der Waals surface area contributed by atoms with Crippen molar-refractivity contribution in [1.82, 2.24) is 5.32 Å². The summed E-state index contributed by atoms with van der Waals surface area (Å²) >= 11 is 0. The van der Waals surface area contributed by atoms with Gasteiger partial charge in [0.1, 0.15) is 0 Å². The van der Waals surface area contributed by atoms with E-state index in [4.69, 9.17) is 9.47 Å². The average Bonchev–Trinajstić information content (AvgIpc) is 2.20. The molecule has 82 valence electrons. The Hall–Kier alpha value is -0.380. The van der Waals surface area contributed by atoms with Crippen LogP contribution in [0.4, 0.5) is 0 Å². The van der Waals surface area contributed by atoms with Gasteiger partial charge < -0.3 is 14.8 Å². The minimum Gasteiger partial charge on any atom is -0.377 e. The maximum absolute atomic E-state index is 5.42. The van der Waals surface area contributed by atoms with E-state index in [9.17, 15) is 0 Å². The van der Waals surface area contributed by atoms with Crippen LogP contribution < -0.4 is 5.32 Å². The number of rotatable bonds is 6. The van der Waals surface area contributed by atoms with Gasteiger partial charge in [-0.25, -0.2) is 0 Å². The Balaban J connectivity index is 2.05. The lowest BCUT2D eigenvalue weighted by Crippen LogP contribution is -2.29. The zero-order valence-electron chi connectivity index (χ0n) is 9.21. The molecule has 1 rings (SSSR count). The second kappa shape index (κ2) is 6.98. The van der Waals surface area contributed by atoms with Crippen LogP contribution >= 0.6 is 0 Å². The third kappa shape index (κ3) is 4.74. The Morgan fingerprint density at radius 1 is 1.64 bits per heavy atom. The number of nitrogens with one attached hydrogen (secondary N) is 1. The molecule has 0 fully saturated rings. The van der Waals surface area contributed by atoms with Gasteiger partial charge in [0.15, 0.2) is 0 Å². The quantitative estimate of drug-likeness (QED) is 0.655. The maximum atomic E-state index is 5.42. The fraction of sp³-hybridized carbons (Fsp3) is 0.818. The summed E-state index contributed by atoms with van der Waals surface area (Å²) in [7, 11) is 0. The van der Waals surface area contributed by atoms with Crippen molar-refractivity contribution in [2.24, 2.45) is 0 Å². The Bertz CT molecular complexity index is 180. The molecule has 1 heterocycles. The first-order chi connectivity index (χ1) is 6.83. The number of hydrogen-bond donors (Lipinski definition) is 1. The fourth-order valence-corrected chi connectivity index (χ4v) is 1.51. The second-order valence-electron chi connectivity index (χ2n) is 3.60. The van der Waals surface area contributed by atoms with Crippen LogP contribution in [0.1, 0.15) is 20.3 Å². The molecule has 3 nitrogen and oxygen atoms in total. The highest BCUT2D eigenvalue weighted by atomic mass is 16.5. The van der Waals surface area contributed by atoms with E-state index in [1.54, 1.807) is 0 Å². The second-order valence-corrected chi connectivity index (χ2v) is 3.60.